The summed E-state index contributed by atoms with van der Waals surface area (Å²) in [6.45, 7) is 1.56. The monoisotopic (exact) mass is 359 g/mol. The average Bonchev–Trinajstić information content (AvgIpc) is 2.93. The van der Waals surface area contributed by atoms with E-state index in [0.29, 0.717) is 5.56 Å². The van der Waals surface area contributed by atoms with Gasteiger partial charge in [-0.15, -0.1) is 0 Å². The number of nitrogens with two attached hydrogens (primary N) is 1. The first-order chi connectivity index (χ1) is 11.8. The van der Waals surface area contributed by atoms with Gasteiger partial charge in [-0.3, -0.25) is 4.79 Å². The molecule has 0 fully saturated rings. The molecule has 130 valence electrons. The van der Waals surface area contributed by atoms with Crippen molar-refractivity contribution < 1.29 is 18.3 Å². The van der Waals surface area contributed by atoms with Crippen LogP contribution in [-0.4, -0.2) is 25.2 Å². The van der Waals surface area contributed by atoms with Gasteiger partial charge in [0.2, 0.25) is 10.0 Å². The van der Waals surface area contributed by atoms with Crippen molar-refractivity contribution in [3.8, 4) is 0 Å². The second kappa shape index (κ2) is 5.98. The fraction of sp³-hybridized carbons (Fsp3) is 0.176. The molecule has 7 nitrogen and oxygen atoms in total. The third kappa shape index (κ3) is 2.59. The predicted octanol–water partition coefficient (Wildman–Crippen LogP) is 1.38. The molecule has 0 saturated carbocycles. The van der Waals surface area contributed by atoms with Crippen molar-refractivity contribution in [3.05, 3.63) is 65.7 Å². The molecule has 25 heavy (non-hydrogen) atoms. The Morgan fingerprint density at radius 2 is 1.76 bits per heavy atom. The molecule has 0 aromatic heterocycles. The van der Waals surface area contributed by atoms with E-state index >= 15 is 0 Å². The van der Waals surface area contributed by atoms with E-state index in [0.717, 1.165) is 0 Å². The normalized spacial score (nSPS) is 23.0. The number of carbonyl (C=O) groups is 1. The number of sulfonamides is 1. The Balaban J connectivity index is 2.35. The Kier molecular flexibility index (Phi) is 4.09. The lowest BCUT2D eigenvalue weighted by molar-refractivity contribution is -0.141. The van der Waals surface area contributed by atoms with Crippen LogP contribution in [0.3, 0.4) is 0 Å². The van der Waals surface area contributed by atoms with Crippen molar-refractivity contribution in [3.63, 3.8) is 0 Å². The molecule has 0 amide bonds. The lowest BCUT2D eigenvalue weighted by Gasteiger charge is -2.33. The molecule has 0 spiro atoms. The van der Waals surface area contributed by atoms with Gasteiger partial charge in [-0.05, 0) is 24.1 Å². The molecule has 2 unspecified atom stereocenters. The van der Waals surface area contributed by atoms with Crippen LogP contribution in [0.1, 0.15) is 24.1 Å². The zero-order valence-electron chi connectivity index (χ0n) is 13.4. The first kappa shape index (κ1) is 17.1. The van der Waals surface area contributed by atoms with Gasteiger partial charge < -0.3 is 10.5 Å². The molecule has 4 N–H and O–H groups in total. The number of benzene rings is 2. The van der Waals surface area contributed by atoms with E-state index < -0.39 is 27.4 Å². The van der Waals surface area contributed by atoms with Gasteiger partial charge >= 0.3 is 5.97 Å². The quantitative estimate of drug-likeness (QED) is 0.761. The summed E-state index contributed by atoms with van der Waals surface area (Å²) in [4.78, 5) is 12.2. The molecule has 1 aliphatic rings. The number of hydrogen-bond donors (Lipinski definition) is 3. The van der Waals surface area contributed by atoms with Crippen LogP contribution in [0.2, 0.25) is 0 Å². The van der Waals surface area contributed by atoms with Crippen molar-refractivity contribution in [1.82, 2.24) is 5.43 Å². The Hall–Kier alpha value is -2.71. The highest BCUT2D eigenvalue weighted by Crippen LogP contribution is 2.44. The topological polar surface area (TPSA) is 122 Å². The number of hydrazone groups is 1. The molecule has 0 radical (unpaired) electrons. The zero-order valence-corrected chi connectivity index (χ0v) is 14.2. The maximum absolute atomic E-state index is 12.4. The number of primary sulfonamides is 1. The lowest BCUT2D eigenvalue weighted by Crippen LogP contribution is -2.48. The van der Waals surface area contributed by atoms with E-state index in [1.807, 2.05) is 6.07 Å². The van der Waals surface area contributed by atoms with Gasteiger partial charge in [0.25, 0.3) is 0 Å². The highest BCUT2D eigenvalue weighted by molar-refractivity contribution is 7.89. The van der Waals surface area contributed by atoms with E-state index in [9.17, 15) is 18.3 Å². The fourth-order valence-corrected chi connectivity index (χ4v) is 4.11. The number of nitrogens with zero attached hydrogens (tertiary/aromatic N) is 1. The molecule has 0 bridgehead atoms. The summed E-state index contributed by atoms with van der Waals surface area (Å²) in [6, 6.07) is 14.0. The van der Waals surface area contributed by atoms with E-state index in [2.05, 4.69) is 10.5 Å². The highest BCUT2D eigenvalue weighted by atomic mass is 32.2. The van der Waals surface area contributed by atoms with Gasteiger partial charge in [0.15, 0.2) is 5.41 Å². The summed E-state index contributed by atoms with van der Waals surface area (Å²) in [5.41, 5.74) is 2.17. The van der Waals surface area contributed by atoms with Gasteiger partial charge in [0.1, 0.15) is 0 Å². The summed E-state index contributed by atoms with van der Waals surface area (Å²) in [7, 11) is -4.12. The maximum atomic E-state index is 12.4. The van der Waals surface area contributed by atoms with Crippen LogP contribution in [0.15, 0.2) is 64.6 Å². The third-order valence-electron chi connectivity index (χ3n) is 4.45. The lowest BCUT2D eigenvalue weighted by atomic mass is 9.69. The van der Waals surface area contributed by atoms with Crippen molar-refractivity contribution >= 4 is 21.7 Å². The van der Waals surface area contributed by atoms with Crippen molar-refractivity contribution in [2.75, 3.05) is 0 Å². The molecule has 2 aromatic rings. The fourth-order valence-electron chi connectivity index (χ4n) is 3.31. The van der Waals surface area contributed by atoms with Crippen LogP contribution in [0.5, 0.6) is 0 Å². The number of rotatable bonds is 4. The first-order valence-corrected chi connectivity index (χ1v) is 9.05. The Morgan fingerprint density at radius 1 is 1.16 bits per heavy atom. The Bertz CT molecular complexity index is 957. The molecule has 2 atom stereocenters. The predicted molar refractivity (Wildman–Crippen MR) is 92.6 cm³/mol. The third-order valence-corrected chi connectivity index (χ3v) is 5.42. The first-order valence-electron chi connectivity index (χ1n) is 7.50. The SMILES string of the molecule is CC1=NNC(c2ccccc2)C1(C(=O)O)c1ccccc1S(N)(=O)=O. The Morgan fingerprint density at radius 3 is 2.36 bits per heavy atom. The summed E-state index contributed by atoms with van der Waals surface area (Å²) < 4.78 is 24.1. The summed E-state index contributed by atoms with van der Waals surface area (Å²) in [5, 5.41) is 19.6. The minimum Gasteiger partial charge on any atom is -0.480 e. The average molecular weight is 359 g/mol. The standard InChI is InChI=1S/C17H17N3O4S/c1-11-17(16(21)22,13-9-5-6-10-14(13)25(18,23)24)15(20-19-11)12-7-3-2-4-8-12/h2-10,15,20H,1H3,(H,21,22)(H2,18,23,24). The highest BCUT2D eigenvalue weighted by Gasteiger charge is 2.56. The van der Waals surface area contributed by atoms with Crippen molar-refractivity contribution in [1.29, 1.82) is 0 Å². The summed E-state index contributed by atoms with van der Waals surface area (Å²) in [5.74, 6) is -1.20. The second-order valence-corrected chi connectivity index (χ2v) is 7.35. The van der Waals surface area contributed by atoms with Gasteiger partial charge in [-0.25, -0.2) is 13.6 Å². The molecular formula is C17H17N3O4S. The van der Waals surface area contributed by atoms with E-state index in [4.69, 9.17) is 5.14 Å². The molecule has 2 aromatic carbocycles. The molecular weight excluding hydrogens is 342 g/mol. The van der Waals surface area contributed by atoms with E-state index in [1.165, 1.54) is 18.2 Å². The Labute approximate surface area is 145 Å². The number of carboxylic acids is 1. The smallest absolute Gasteiger partial charge is 0.322 e. The molecule has 1 heterocycles. The van der Waals surface area contributed by atoms with Crippen LogP contribution in [0.4, 0.5) is 0 Å². The van der Waals surface area contributed by atoms with Crippen LogP contribution < -0.4 is 10.6 Å². The number of aliphatic carboxylic acids is 1. The number of nitrogens with one attached hydrogen (secondary N) is 1. The number of hydrogen-bond acceptors (Lipinski definition) is 5. The van der Waals surface area contributed by atoms with E-state index in [1.54, 1.807) is 37.3 Å². The van der Waals surface area contributed by atoms with E-state index in [-0.39, 0.29) is 16.2 Å². The van der Waals surface area contributed by atoms with Crippen LogP contribution in [0, 0.1) is 0 Å². The zero-order chi connectivity index (χ0) is 18.2. The molecule has 0 aliphatic carbocycles. The molecule has 0 saturated heterocycles. The number of carboxylic acid groups (broad SMARTS) is 1. The minimum absolute atomic E-state index is 0.0881. The van der Waals surface area contributed by atoms with Crippen LogP contribution in [-0.2, 0) is 20.2 Å². The van der Waals surface area contributed by atoms with Gasteiger partial charge in [0, 0.05) is 0 Å². The van der Waals surface area contributed by atoms with Crippen molar-refractivity contribution in [2.24, 2.45) is 10.2 Å². The maximum Gasteiger partial charge on any atom is 0.322 e. The van der Waals surface area contributed by atoms with Crippen molar-refractivity contribution in [2.45, 2.75) is 23.3 Å². The molecule has 3 rings (SSSR count). The van der Waals surface area contributed by atoms with Gasteiger partial charge in [-0.2, -0.15) is 5.10 Å². The van der Waals surface area contributed by atoms with Crippen LogP contribution in [0.25, 0.3) is 0 Å². The second-order valence-electron chi connectivity index (χ2n) is 5.82. The van der Waals surface area contributed by atoms with Gasteiger partial charge in [-0.1, -0.05) is 48.5 Å². The molecule has 1 aliphatic heterocycles. The molecule has 8 heteroatoms. The minimum atomic E-state index is -4.12. The largest absolute Gasteiger partial charge is 0.480 e. The summed E-state index contributed by atoms with van der Waals surface area (Å²) >= 11 is 0. The van der Waals surface area contributed by atoms with Crippen LogP contribution >= 0.6 is 0 Å². The summed E-state index contributed by atoms with van der Waals surface area (Å²) in [6.07, 6.45) is 0. The van der Waals surface area contributed by atoms with Gasteiger partial charge in [0.05, 0.1) is 16.6 Å².